The van der Waals surface area contributed by atoms with E-state index in [1.54, 1.807) is 32.0 Å². The summed E-state index contributed by atoms with van der Waals surface area (Å²) in [6.07, 6.45) is 0.332. The summed E-state index contributed by atoms with van der Waals surface area (Å²) < 4.78 is 15.8. The summed E-state index contributed by atoms with van der Waals surface area (Å²) in [6, 6.07) is 4.28. The number of amides is 1. The molecule has 2 atom stereocenters. The second-order valence-electron chi connectivity index (χ2n) is 8.29. The van der Waals surface area contributed by atoms with Crippen molar-refractivity contribution in [1.29, 1.82) is 0 Å². The summed E-state index contributed by atoms with van der Waals surface area (Å²) >= 11 is 0. The van der Waals surface area contributed by atoms with Gasteiger partial charge in [-0.05, 0) is 32.0 Å². The first kappa shape index (κ1) is 26.2. The van der Waals surface area contributed by atoms with E-state index in [2.05, 4.69) is 10.1 Å². The third kappa shape index (κ3) is 6.83. The molecule has 192 valence electrons. The van der Waals surface area contributed by atoms with Gasteiger partial charge in [0.05, 0.1) is 38.1 Å². The molecule has 3 rings (SSSR count). The molecule has 2 saturated heterocycles. The van der Waals surface area contributed by atoms with Crippen LogP contribution in [0.25, 0.3) is 0 Å². The fraction of sp³-hybridized carbons (Fsp3) is 0.565. The third-order valence-corrected chi connectivity index (χ3v) is 5.95. The van der Waals surface area contributed by atoms with Gasteiger partial charge in [0.25, 0.3) is 0 Å². The van der Waals surface area contributed by atoms with Crippen LogP contribution in [-0.2, 0) is 23.8 Å². The minimum absolute atomic E-state index is 0.0526. The number of nitrogens with two attached hydrogens (primary N) is 1. The Morgan fingerprint density at radius 2 is 1.94 bits per heavy atom. The van der Waals surface area contributed by atoms with Gasteiger partial charge in [-0.15, -0.1) is 0 Å². The second kappa shape index (κ2) is 12.4. The molecule has 0 radical (unpaired) electrons. The van der Waals surface area contributed by atoms with Crippen molar-refractivity contribution in [3.8, 4) is 0 Å². The Hall–Kier alpha value is -3.38. The lowest BCUT2D eigenvalue weighted by Crippen LogP contribution is -2.54. The van der Waals surface area contributed by atoms with Crippen LogP contribution in [0, 0.1) is 0 Å². The van der Waals surface area contributed by atoms with E-state index >= 15 is 0 Å². The van der Waals surface area contributed by atoms with Crippen LogP contribution < -0.4 is 10.6 Å². The molecule has 0 bridgehead atoms. The van der Waals surface area contributed by atoms with Crippen LogP contribution in [0.15, 0.2) is 23.4 Å². The van der Waals surface area contributed by atoms with E-state index in [0.717, 1.165) is 0 Å². The van der Waals surface area contributed by atoms with Crippen LogP contribution in [0.2, 0.25) is 0 Å². The lowest BCUT2D eigenvalue weighted by Gasteiger charge is -2.38. The van der Waals surface area contributed by atoms with Crippen molar-refractivity contribution in [3.05, 3.63) is 23.8 Å². The molecular formula is C23H33N5O7. The molecule has 0 saturated carbocycles. The lowest BCUT2D eigenvalue weighted by atomic mass is 10.1. The largest absolute Gasteiger partial charge is 0.466 e. The summed E-state index contributed by atoms with van der Waals surface area (Å²) in [4.78, 5) is 42.6. The van der Waals surface area contributed by atoms with Crippen LogP contribution in [0.1, 0.15) is 25.8 Å². The van der Waals surface area contributed by atoms with Crippen LogP contribution in [-0.4, -0.2) is 104 Å². The Morgan fingerprint density at radius 3 is 2.60 bits per heavy atom. The van der Waals surface area contributed by atoms with Gasteiger partial charge in [-0.3, -0.25) is 24.3 Å². The number of esters is 2. The number of benzene rings is 1. The molecule has 2 unspecified atom stereocenters. The first-order chi connectivity index (χ1) is 16.9. The molecule has 12 nitrogen and oxygen atoms in total. The van der Waals surface area contributed by atoms with Gasteiger partial charge >= 0.3 is 18.0 Å². The van der Waals surface area contributed by atoms with Crippen molar-refractivity contribution in [3.63, 3.8) is 0 Å². The minimum Gasteiger partial charge on any atom is -0.466 e. The van der Waals surface area contributed by atoms with Gasteiger partial charge in [0.1, 0.15) is 12.1 Å². The summed E-state index contributed by atoms with van der Waals surface area (Å²) in [5.41, 5.74) is 7.34. The van der Waals surface area contributed by atoms with Crippen LogP contribution in [0.3, 0.4) is 0 Å². The molecule has 35 heavy (non-hydrogen) atoms. The maximum Gasteiger partial charge on any atom is 0.414 e. The molecule has 2 heterocycles. The van der Waals surface area contributed by atoms with Gasteiger partial charge in [0.2, 0.25) is 0 Å². The number of rotatable bonds is 10. The number of carbonyl (C=O) groups is 3. The van der Waals surface area contributed by atoms with Gasteiger partial charge in [-0.25, -0.2) is 4.79 Å². The van der Waals surface area contributed by atoms with Gasteiger partial charge < -0.3 is 25.2 Å². The molecular weight excluding hydrogens is 458 g/mol. The Morgan fingerprint density at radius 1 is 1.23 bits per heavy atom. The van der Waals surface area contributed by atoms with Crippen molar-refractivity contribution in [2.45, 2.75) is 32.4 Å². The lowest BCUT2D eigenvalue weighted by molar-refractivity contribution is -0.157. The van der Waals surface area contributed by atoms with Crippen LogP contribution >= 0.6 is 0 Å². The molecule has 2 aliphatic rings. The molecule has 2 fully saturated rings. The molecule has 3 N–H and O–H groups in total. The first-order valence-corrected chi connectivity index (χ1v) is 11.7. The highest BCUT2D eigenvalue weighted by molar-refractivity contribution is 5.98. The Kier molecular flexibility index (Phi) is 9.26. The summed E-state index contributed by atoms with van der Waals surface area (Å²) in [5.74, 6) is -0.862. The van der Waals surface area contributed by atoms with E-state index in [-0.39, 0.29) is 25.7 Å². The Bertz CT molecular complexity index is 933. The summed E-state index contributed by atoms with van der Waals surface area (Å²) in [5, 5.41) is 12.0. The number of piperazine rings is 1. The fourth-order valence-corrected chi connectivity index (χ4v) is 4.32. The van der Waals surface area contributed by atoms with E-state index < -0.39 is 24.1 Å². The van der Waals surface area contributed by atoms with Crippen molar-refractivity contribution >= 4 is 35.6 Å². The Labute approximate surface area is 204 Å². The zero-order chi connectivity index (χ0) is 25.4. The quantitative estimate of drug-likeness (QED) is 0.121. The normalized spacial score (nSPS) is 20.1. The van der Waals surface area contributed by atoms with Gasteiger partial charge in [0, 0.05) is 44.0 Å². The maximum absolute atomic E-state index is 12.5. The highest BCUT2D eigenvalue weighted by Crippen LogP contribution is 2.27. The van der Waals surface area contributed by atoms with E-state index in [4.69, 9.17) is 25.2 Å². The topological polar surface area (TPSA) is 147 Å². The number of ether oxygens (including phenoxy) is 3. The van der Waals surface area contributed by atoms with Crippen molar-refractivity contribution in [2.24, 2.45) is 5.16 Å². The number of cyclic esters (lactones) is 1. The number of nitrogen functional groups attached to an aromatic ring is 1. The zero-order valence-corrected chi connectivity index (χ0v) is 20.1. The number of anilines is 2. The first-order valence-electron chi connectivity index (χ1n) is 11.7. The molecule has 1 amide bonds. The predicted molar refractivity (Wildman–Crippen MR) is 128 cm³/mol. The molecule has 12 heteroatoms. The van der Waals surface area contributed by atoms with Crippen molar-refractivity contribution < 1.29 is 33.8 Å². The fourth-order valence-electron chi connectivity index (χ4n) is 4.32. The minimum atomic E-state index is -0.687. The second-order valence-corrected chi connectivity index (χ2v) is 8.29. The standard InChI is InChI=1S/C23H33N5O7/c1-3-33-21(29)12-20(22(30)34-4-2)27-9-7-26(8-10-27)14-18-15-28(23(31)35-18)19-6-5-17(24)11-16(19)13-25-32/h5-6,11,13,18,20,32H,3-4,7-10,12,14-15,24H2,1-2H3. The number of carbonyl (C=O) groups excluding carboxylic acids is 3. The molecule has 0 aromatic heterocycles. The van der Waals surface area contributed by atoms with Gasteiger partial charge in [0.15, 0.2) is 0 Å². The summed E-state index contributed by atoms with van der Waals surface area (Å²) in [7, 11) is 0. The zero-order valence-electron chi connectivity index (χ0n) is 20.1. The third-order valence-electron chi connectivity index (χ3n) is 5.95. The van der Waals surface area contributed by atoms with Crippen molar-refractivity contribution in [2.75, 3.05) is 63.1 Å². The van der Waals surface area contributed by atoms with Crippen molar-refractivity contribution in [1.82, 2.24) is 9.80 Å². The SMILES string of the molecule is CCOC(=O)CC(C(=O)OCC)N1CCN(CC2CN(c3ccc(N)cc3C=NO)C(=O)O2)CC1. The van der Waals surface area contributed by atoms with E-state index in [1.165, 1.54) is 11.1 Å². The smallest absolute Gasteiger partial charge is 0.414 e. The highest BCUT2D eigenvalue weighted by Gasteiger charge is 2.37. The molecule has 1 aromatic rings. The average Bonchev–Trinajstić information content (AvgIpc) is 3.18. The summed E-state index contributed by atoms with van der Waals surface area (Å²) in [6.45, 7) is 7.19. The highest BCUT2D eigenvalue weighted by atomic mass is 16.6. The molecule has 0 spiro atoms. The molecule has 1 aromatic carbocycles. The number of hydrogen-bond acceptors (Lipinski definition) is 11. The van der Waals surface area contributed by atoms with Crippen LogP contribution in [0.5, 0.6) is 0 Å². The number of hydrogen-bond donors (Lipinski definition) is 2. The number of nitrogens with zero attached hydrogens (tertiary/aromatic N) is 4. The van der Waals surface area contributed by atoms with Gasteiger partial charge in [-0.2, -0.15) is 0 Å². The van der Waals surface area contributed by atoms with E-state index in [0.29, 0.717) is 56.2 Å². The molecule has 0 aliphatic carbocycles. The molecule has 2 aliphatic heterocycles. The monoisotopic (exact) mass is 491 g/mol. The predicted octanol–water partition coefficient (Wildman–Crippen LogP) is 0.905. The average molecular weight is 492 g/mol. The number of oxime groups is 1. The Balaban J connectivity index is 1.57. The van der Waals surface area contributed by atoms with E-state index in [1.807, 2.05) is 4.90 Å². The van der Waals surface area contributed by atoms with E-state index in [9.17, 15) is 14.4 Å². The maximum atomic E-state index is 12.5. The van der Waals surface area contributed by atoms with Gasteiger partial charge in [-0.1, -0.05) is 5.16 Å². The van der Waals surface area contributed by atoms with Crippen LogP contribution in [0.4, 0.5) is 16.2 Å².